The average molecular weight is 292 g/mol. The number of aliphatic carboxylic acids is 1. The van der Waals surface area contributed by atoms with Gasteiger partial charge in [-0.3, -0.25) is 0 Å². The molecule has 1 aliphatic heterocycles. The van der Waals surface area contributed by atoms with E-state index in [1.165, 1.54) is 0 Å². The molecule has 6 heteroatoms. The molecule has 1 atom stereocenters. The molecule has 0 aromatic heterocycles. The normalized spacial score (nSPS) is 17.3. The number of carbonyl (C=O) groups is 2. The minimum absolute atomic E-state index is 0.179. The fraction of sp³-hybridized carbons (Fsp3) is 0.467. The van der Waals surface area contributed by atoms with Crippen LogP contribution >= 0.6 is 0 Å². The number of rotatable bonds is 4. The first-order valence-corrected chi connectivity index (χ1v) is 6.98. The molecule has 0 saturated carbocycles. The summed E-state index contributed by atoms with van der Waals surface area (Å²) < 4.78 is 5.26. The minimum atomic E-state index is -1.07. The number of piperidine rings is 1. The molecule has 1 heterocycles. The van der Waals surface area contributed by atoms with Gasteiger partial charge in [-0.05, 0) is 18.4 Å². The number of amides is 2. The van der Waals surface area contributed by atoms with Crippen LogP contribution in [0.4, 0.5) is 4.79 Å². The van der Waals surface area contributed by atoms with Crippen LogP contribution in [0.25, 0.3) is 0 Å². The zero-order chi connectivity index (χ0) is 15.2. The van der Waals surface area contributed by atoms with Crippen LogP contribution in [0.15, 0.2) is 30.3 Å². The molecule has 0 aliphatic carbocycles. The number of methoxy groups -OCH3 is 1. The van der Waals surface area contributed by atoms with Crippen molar-refractivity contribution in [2.24, 2.45) is 0 Å². The van der Waals surface area contributed by atoms with E-state index < -0.39 is 12.0 Å². The Morgan fingerprint density at radius 1 is 1.29 bits per heavy atom. The Hall–Kier alpha value is -2.08. The lowest BCUT2D eigenvalue weighted by Gasteiger charge is -2.32. The van der Waals surface area contributed by atoms with Crippen LogP contribution in [0, 0.1) is 0 Å². The summed E-state index contributed by atoms with van der Waals surface area (Å²) in [7, 11) is 1.66. The van der Waals surface area contributed by atoms with Crippen molar-refractivity contribution < 1.29 is 19.4 Å². The van der Waals surface area contributed by atoms with Crippen LogP contribution in [-0.4, -0.2) is 48.3 Å². The third-order valence-electron chi connectivity index (χ3n) is 3.71. The van der Waals surface area contributed by atoms with Gasteiger partial charge in [0.25, 0.3) is 0 Å². The van der Waals surface area contributed by atoms with Gasteiger partial charge in [0.1, 0.15) is 0 Å². The van der Waals surface area contributed by atoms with Gasteiger partial charge in [-0.1, -0.05) is 30.3 Å². The SMILES string of the molecule is COC1CCN(C(=O)N[C@@H](C(=O)O)c2ccccc2)CC1. The molecule has 1 fully saturated rings. The number of likely N-dealkylation sites (tertiary alicyclic amines) is 1. The molecule has 0 bridgehead atoms. The summed E-state index contributed by atoms with van der Waals surface area (Å²) in [6.07, 6.45) is 1.72. The highest BCUT2D eigenvalue weighted by Crippen LogP contribution is 2.16. The first-order chi connectivity index (χ1) is 10.1. The second-order valence-corrected chi connectivity index (χ2v) is 5.05. The highest BCUT2D eigenvalue weighted by molar-refractivity contribution is 5.83. The smallest absolute Gasteiger partial charge is 0.330 e. The number of carboxylic acid groups (broad SMARTS) is 1. The summed E-state index contributed by atoms with van der Waals surface area (Å²) in [5.74, 6) is -1.07. The number of nitrogens with one attached hydrogen (secondary N) is 1. The van der Waals surface area contributed by atoms with Gasteiger partial charge in [0.15, 0.2) is 6.04 Å². The molecule has 2 N–H and O–H groups in total. The molecule has 6 nitrogen and oxygen atoms in total. The molecule has 1 aromatic rings. The van der Waals surface area contributed by atoms with Gasteiger partial charge in [-0.15, -0.1) is 0 Å². The van der Waals surface area contributed by atoms with Gasteiger partial charge in [-0.2, -0.15) is 0 Å². The van der Waals surface area contributed by atoms with E-state index in [1.54, 1.807) is 42.3 Å². The number of carbonyl (C=O) groups excluding carboxylic acids is 1. The van der Waals surface area contributed by atoms with E-state index in [9.17, 15) is 14.7 Å². The van der Waals surface area contributed by atoms with Gasteiger partial charge in [0, 0.05) is 20.2 Å². The molecule has 114 valence electrons. The molecule has 21 heavy (non-hydrogen) atoms. The van der Waals surface area contributed by atoms with Gasteiger partial charge in [0.05, 0.1) is 6.10 Å². The molecule has 2 amide bonds. The fourth-order valence-electron chi connectivity index (χ4n) is 2.44. The summed E-state index contributed by atoms with van der Waals surface area (Å²) in [4.78, 5) is 25.2. The lowest BCUT2D eigenvalue weighted by molar-refractivity contribution is -0.139. The Bertz CT molecular complexity index is 484. The van der Waals surface area contributed by atoms with E-state index >= 15 is 0 Å². The number of hydrogen-bond acceptors (Lipinski definition) is 3. The minimum Gasteiger partial charge on any atom is -0.479 e. The molecule has 1 aliphatic rings. The van der Waals surface area contributed by atoms with Crippen LogP contribution in [-0.2, 0) is 9.53 Å². The molecular weight excluding hydrogens is 272 g/mol. The predicted molar refractivity (Wildman–Crippen MR) is 77.0 cm³/mol. The van der Waals surface area contributed by atoms with Crippen LogP contribution in [0.1, 0.15) is 24.4 Å². The Morgan fingerprint density at radius 3 is 2.43 bits per heavy atom. The van der Waals surface area contributed by atoms with Crippen molar-refractivity contribution in [1.29, 1.82) is 0 Å². The Kier molecular flexibility index (Phi) is 5.16. The van der Waals surface area contributed by atoms with Crippen molar-refractivity contribution >= 4 is 12.0 Å². The lowest BCUT2D eigenvalue weighted by atomic mass is 10.1. The molecule has 1 saturated heterocycles. The maximum Gasteiger partial charge on any atom is 0.330 e. The van der Waals surface area contributed by atoms with Crippen molar-refractivity contribution in [1.82, 2.24) is 10.2 Å². The lowest BCUT2D eigenvalue weighted by Crippen LogP contribution is -2.48. The molecule has 0 spiro atoms. The third-order valence-corrected chi connectivity index (χ3v) is 3.71. The summed E-state index contributed by atoms with van der Waals surface area (Å²) in [5, 5.41) is 11.9. The van der Waals surface area contributed by atoms with Gasteiger partial charge in [0.2, 0.25) is 0 Å². The van der Waals surface area contributed by atoms with Crippen molar-refractivity contribution in [3.05, 3.63) is 35.9 Å². The summed E-state index contributed by atoms with van der Waals surface area (Å²) in [6.45, 7) is 1.15. The number of urea groups is 1. The standard InChI is InChI=1S/C15H20N2O4/c1-21-12-7-9-17(10-8-12)15(20)16-13(14(18)19)11-5-3-2-4-6-11/h2-6,12-13H,7-10H2,1H3,(H,16,20)(H,18,19)/t13-/m1/s1. The largest absolute Gasteiger partial charge is 0.479 e. The Balaban J connectivity index is 1.98. The number of carboxylic acids is 1. The number of hydrogen-bond donors (Lipinski definition) is 2. The Labute approximate surface area is 123 Å². The topological polar surface area (TPSA) is 78.9 Å². The molecule has 0 radical (unpaired) electrons. The predicted octanol–water partition coefficient (Wildman–Crippen LogP) is 1.63. The van der Waals surface area contributed by atoms with E-state index in [4.69, 9.17) is 4.74 Å². The molecule has 0 unspecified atom stereocenters. The zero-order valence-corrected chi connectivity index (χ0v) is 12.0. The second-order valence-electron chi connectivity index (χ2n) is 5.05. The third kappa shape index (κ3) is 3.95. The summed E-state index contributed by atoms with van der Waals surface area (Å²) >= 11 is 0. The maximum atomic E-state index is 12.2. The van der Waals surface area contributed by atoms with E-state index in [0.29, 0.717) is 18.7 Å². The van der Waals surface area contributed by atoms with Crippen molar-refractivity contribution in [2.45, 2.75) is 25.0 Å². The van der Waals surface area contributed by atoms with Gasteiger partial charge >= 0.3 is 12.0 Å². The van der Waals surface area contributed by atoms with E-state index in [2.05, 4.69) is 5.32 Å². The molecular formula is C15H20N2O4. The highest BCUT2D eigenvalue weighted by Gasteiger charge is 2.27. The highest BCUT2D eigenvalue weighted by atomic mass is 16.5. The maximum absolute atomic E-state index is 12.2. The fourth-order valence-corrected chi connectivity index (χ4v) is 2.44. The van der Waals surface area contributed by atoms with Crippen LogP contribution < -0.4 is 5.32 Å². The quantitative estimate of drug-likeness (QED) is 0.884. The van der Waals surface area contributed by atoms with E-state index in [0.717, 1.165) is 12.8 Å². The average Bonchev–Trinajstić information content (AvgIpc) is 2.53. The van der Waals surface area contributed by atoms with E-state index in [-0.39, 0.29) is 12.1 Å². The monoisotopic (exact) mass is 292 g/mol. The first kappa shape index (κ1) is 15.3. The van der Waals surface area contributed by atoms with Crippen LogP contribution in [0.5, 0.6) is 0 Å². The van der Waals surface area contributed by atoms with Crippen molar-refractivity contribution in [3.8, 4) is 0 Å². The van der Waals surface area contributed by atoms with Crippen LogP contribution in [0.3, 0.4) is 0 Å². The summed E-state index contributed by atoms with van der Waals surface area (Å²) in [5.41, 5.74) is 0.560. The first-order valence-electron chi connectivity index (χ1n) is 6.98. The van der Waals surface area contributed by atoms with Crippen molar-refractivity contribution in [3.63, 3.8) is 0 Å². The van der Waals surface area contributed by atoms with Gasteiger partial charge in [-0.25, -0.2) is 9.59 Å². The molecule has 1 aromatic carbocycles. The number of nitrogens with zero attached hydrogens (tertiary/aromatic N) is 1. The summed E-state index contributed by atoms with van der Waals surface area (Å²) in [6, 6.07) is 7.31. The molecule has 2 rings (SSSR count). The van der Waals surface area contributed by atoms with Crippen molar-refractivity contribution in [2.75, 3.05) is 20.2 Å². The van der Waals surface area contributed by atoms with Gasteiger partial charge < -0.3 is 20.1 Å². The van der Waals surface area contributed by atoms with E-state index in [1.807, 2.05) is 0 Å². The van der Waals surface area contributed by atoms with Crippen LogP contribution in [0.2, 0.25) is 0 Å². The second kappa shape index (κ2) is 7.08. The Morgan fingerprint density at radius 2 is 1.90 bits per heavy atom. The zero-order valence-electron chi connectivity index (χ0n) is 12.0. The number of benzene rings is 1. The number of ether oxygens (including phenoxy) is 1.